The first kappa shape index (κ1) is 22.7. The number of pyridine rings is 1. The second-order valence-electron chi connectivity index (χ2n) is 8.81. The maximum atomic E-state index is 13.4. The average molecular weight is 469 g/mol. The number of amides is 1. The standard InChI is InChI=1S/C27H28N6O2/c1-32-13-11-30-26(32)24-17-28-16-23(31-24)21-7-5-12-33(18-21)27(34)20-9-10-29-22(15-20)14-19-6-3-4-8-25(19)35-2/h3-4,6,8-11,13,15-17,21H,5,7,12,14,18H2,1-2H3. The number of likely N-dealkylation sites (tertiary alicyclic amines) is 1. The molecule has 0 bridgehead atoms. The molecule has 1 amide bonds. The fourth-order valence-electron chi connectivity index (χ4n) is 4.64. The Morgan fingerprint density at radius 1 is 1.14 bits per heavy atom. The minimum absolute atomic E-state index is 0.0200. The van der Waals surface area contributed by atoms with E-state index >= 15 is 0 Å². The number of benzene rings is 1. The second kappa shape index (κ2) is 10.0. The van der Waals surface area contributed by atoms with Crippen LogP contribution in [0.25, 0.3) is 11.5 Å². The Kier molecular flexibility index (Phi) is 6.52. The van der Waals surface area contributed by atoms with Crippen molar-refractivity contribution in [2.24, 2.45) is 7.05 Å². The number of piperidine rings is 1. The highest BCUT2D eigenvalue weighted by atomic mass is 16.5. The normalized spacial score (nSPS) is 15.7. The number of hydrogen-bond donors (Lipinski definition) is 0. The maximum absolute atomic E-state index is 13.4. The van der Waals surface area contributed by atoms with Crippen molar-refractivity contribution in [3.63, 3.8) is 0 Å². The van der Waals surface area contributed by atoms with Crippen molar-refractivity contribution < 1.29 is 9.53 Å². The van der Waals surface area contributed by atoms with Crippen LogP contribution < -0.4 is 4.74 Å². The van der Waals surface area contributed by atoms with Crippen LogP contribution >= 0.6 is 0 Å². The van der Waals surface area contributed by atoms with Gasteiger partial charge in [-0.15, -0.1) is 0 Å². The van der Waals surface area contributed by atoms with Crippen molar-refractivity contribution >= 4 is 5.91 Å². The molecule has 1 atom stereocenters. The van der Waals surface area contributed by atoms with Crippen LogP contribution in [0.2, 0.25) is 0 Å². The van der Waals surface area contributed by atoms with Gasteiger partial charge >= 0.3 is 0 Å². The van der Waals surface area contributed by atoms with Gasteiger partial charge in [-0.2, -0.15) is 0 Å². The van der Waals surface area contributed by atoms with Crippen LogP contribution in [0.4, 0.5) is 0 Å². The molecule has 1 aliphatic rings. The van der Waals surface area contributed by atoms with E-state index in [0.717, 1.165) is 53.6 Å². The van der Waals surface area contributed by atoms with E-state index in [0.29, 0.717) is 18.5 Å². The third-order valence-electron chi connectivity index (χ3n) is 6.46. The molecule has 5 rings (SSSR count). The Balaban J connectivity index is 1.32. The fraction of sp³-hybridized carbons (Fsp3) is 0.296. The molecule has 0 saturated carbocycles. The number of nitrogens with zero attached hydrogens (tertiary/aromatic N) is 6. The summed E-state index contributed by atoms with van der Waals surface area (Å²) in [6.07, 6.45) is 11.4. The van der Waals surface area contributed by atoms with Crippen LogP contribution in [-0.4, -0.2) is 55.5 Å². The van der Waals surface area contributed by atoms with Crippen molar-refractivity contribution in [3.05, 3.63) is 89.9 Å². The van der Waals surface area contributed by atoms with E-state index < -0.39 is 0 Å². The van der Waals surface area contributed by atoms with Gasteiger partial charge in [0.2, 0.25) is 0 Å². The molecule has 0 spiro atoms. The Morgan fingerprint density at radius 3 is 2.86 bits per heavy atom. The molecule has 35 heavy (non-hydrogen) atoms. The average Bonchev–Trinajstić information content (AvgIpc) is 3.34. The highest BCUT2D eigenvalue weighted by Gasteiger charge is 2.27. The third kappa shape index (κ3) is 4.91. The monoisotopic (exact) mass is 468 g/mol. The second-order valence-corrected chi connectivity index (χ2v) is 8.81. The molecular weight excluding hydrogens is 440 g/mol. The number of rotatable bonds is 6. The zero-order chi connectivity index (χ0) is 24.2. The molecule has 1 aliphatic heterocycles. The van der Waals surface area contributed by atoms with Crippen molar-refractivity contribution in [2.45, 2.75) is 25.2 Å². The number of para-hydroxylation sites is 1. The molecule has 0 radical (unpaired) electrons. The molecule has 1 aromatic carbocycles. The topological polar surface area (TPSA) is 86.0 Å². The van der Waals surface area contributed by atoms with Crippen LogP contribution in [0.1, 0.15) is 46.1 Å². The fourth-order valence-corrected chi connectivity index (χ4v) is 4.64. The van der Waals surface area contributed by atoms with Gasteiger partial charge in [0, 0.05) is 74.1 Å². The molecule has 4 aromatic rings. The van der Waals surface area contributed by atoms with E-state index in [1.54, 1.807) is 31.8 Å². The summed E-state index contributed by atoms with van der Waals surface area (Å²) >= 11 is 0. The van der Waals surface area contributed by atoms with Crippen LogP contribution in [0, 0.1) is 0 Å². The van der Waals surface area contributed by atoms with Crippen molar-refractivity contribution in [1.29, 1.82) is 0 Å². The summed E-state index contributed by atoms with van der Waals surface area (Å²) in [5, 5.41) is 0. The number of ether oxygens (including phenoxy) is 1. The molecule has 4 heterocycles. The molecule has 0 N–H and O–H groups in total. The van der Waals surface area contributed by atoms with Crippen molar-refractivity contribution in [3.8, 4) is 17.3 Å². The summed E-state index contributed by atoms with van der Waals surface area (Å²) in [5.74, 6) is 1.75. The predicted molar refractivity (Wildman–Crippen MR) is 132 cm³/mol. The highest BCUT2D eigenvalue weighted by molar-refractivity contribution is 5.94. The molecule has 1 fully saturated rings. The minimum Gasteiger partial charge on any atom is -0.496 e. The summed E-state index contributed by atoms with van der Waals surface area (Å²) in [7, 11) is 3.60. The van der Waals surface area contributed by atoms with Gasteiger partial charge in [0.05, 0.1) is 19.0 Å². The molecule has 0 aliphatic carbocycles. The molecule has 1 unspecified atom stereocenters. The van der Waals surface area contributed by atoms with Crippen molar-refractivity contribution in [2.75, 3.05) is 20.2 Å². The molecular formula is C27H28N6O2. The van der Waals surface area contributed by atoms with Crippen LogP contribution in [0.5, 0.6) is 5.75 Å². The number of carbonyl (C=O) groups is 1. The van der Waals surface area contributed by atoms with E-state index in [1.165, 1.54) is 0 Å². The Morgan fingerprint density at radius 2 is 2.03 bits per heavy atom. The number of hydrogen-bond acceptors (Lipinski definition) is 6. The van der Waals surface area contributed by atoms with Gasteiger partial charge in [0.15, 0.2) is 5.82 Å². The van der Waals surface area contributed by atoms with Gasteiger partial charge in [-0.1, -0.05) is 18.2 Å². The molecule has 8 nitrogen and oxygen atoms in total. The van der Waals surface area contributed by atoms with Crippen LogP contribution in [0.15, 0.2) is 67.4 Å². The van der Waals surface area contributed by atoms with E-state index in [2.05, 4.69) is 15.0 Å². The van der Waals surface area contributed by atoms with Gasteiger partial charge in [-0.3, -0.25) is 14.8 Å². The minimum atomic E-state index is 0.0200. The lowest BCUT2D eigenvalue weighted by molar-refractivity contribution is 0.0705. The van der Waals surface area contributed by atoms with Gasteiger partial charge in [-0.25, -0.2) is 9.97 Å². The van der Waals surface area contributed by atoms with E-state index in [4.69, 9.17) is 9.72 Å². The number of carbonyl (C=O) groups excluding carboxylic acids is 1. The first-order valence-corrected chi connectivity index (χ1v) is 11.8. The van der Waals surface area contributed by atoms with E-state index in [1.807, 2.05) is 59.2 Å². The first-order valence-electron chi connectivity index (χ1n) is 11.8. The third-order valence-corrected chi connectivity index (χ3v) is 6.46. The van der Waals surface area contributed by atoms with Gasteiger partial charge < -0.3 is 14.2 Å². The number of methoxy groups -OCH3 is 1. The SMILES string of the molecule is COc1ccccc1Cc1cc(C(=O)N2CCCC(c3cncc(-c4nccn4C)n3)C2)ccn1. The lowest BCUT2D eigenvalue weighted by atomic mass is 9.94. The predicted octanol–water partition coefficient (Wildman–Crippen LogP) is 3.89. The summed E-state index contributed by atoms with van der Waals surface area (Å²) < 4.78 is 7.39. The summed E-state index contributed by atoms with van der Waals surface area (Å²) in [4.78, 5) is 33.5. The van der Waals surface area contributed by atoms with Crippen LogP contribution in [0.3, 0.4) is 0 Å². The van der Waals surface area contributed by atoms with Crippen molar-refractivity contribution in [1.82, 2.24) is 29.4 Å². The summed E-state index contributed by atoms with van der Waals surface area (Å²) in [6.45, 7) is 1.34. The zero-order valence-electron chi connectivity index (χ0n) is 20.0. The lowest BCUT2D eigenvalue weighted by Crippen LogP contribution is -2.39. The lowest BCUT2D eigenvalue weighted by Gasteiger charge is -2.32. The zero-order valence-corrected chi connectivity index (χ0v) is 20.0. The van der Waals surface area contributed by atoms with E-state index in [9.17, 15) is 4.79 Å². The van der Waals surface area contributed by atoms with E-state index in [-0.39, 0.29) is 11.8 Å². The van der Waals surface area contributed by atoms with Gasteiger partial charge in [0.25, 0.3) is 5.91 Å². The molecule has 8 heteroatoms. The largest absolute Gasteiger partial charge is 0.496 e. The Bertz CT molecular complexity index is 1330. The molecule has 178 valence electrons. The number of imidazole rings is 1. The Labute approximate surface area is 204 Å². The quantitative estimate of drug-likeness (QED) is 0.427. The van der Waals surface area contributed by atoms with Gasteiger partial charge in [-0.05, 0) is 31.0 Å². The first-order chi connectivity index (χ1) is 17.1. The van der Waals surface area contributed by atoms with Crippen LogP contribution in [-0.2, 0) is 13.5 Å². The highest BCUT2D eigenvalue weighted by Crippen LogP contribution is 2.28. The molecule has 1 saturated heterocycles. The van der Waals surface area contributed by atoms with Gasteiger partial charge in [0.1, 0.15) is 11.4 Å². The summed E-state index contributed by atoms with van der Waals surface area (Å²) in [6, 6.07) is 11.6. The molecule has 3 aromatic heterocycles. The summed E-state index contributed by atoms with van der Waals surface area (Å²) in [5.41, 5.74) is 4.17. The number of aromatic nitrogens is 5. The smallest absolute Gasteiger partial charge is 0.253 e. The Hall–Kier alpha value is -4.07. The number of aryl methyl sites for hydroxylation is 1. The maximum Gasteiger partial charge on any atom is 0.253 e.